The quantitative estimate of drug-likeness (QED) is 0.814. The number of anilines is 2. The highest BCUT2D eigenvalue weighted by Gasteiger charge is 2.36. The van der Waals surface area contributed by atoms with E-state index in [9.17, 15) is 13.6 Å². The molecule has 0 fully saturated rings. The predicted octanol–water partition coefficient (Wildman–Crippen LogP) is 1.42. The molecule has 1 aromatic heterocycles. The van der Waals surface area contributed by atoms with Crippen LogP contribution in [0.5, 0.6) is 0 Å². The smallest absolute Gasteiger partial charge is 0.238 e. The van der Waals surface area contributed by atoms with E-state index in [1.807, 2.05) is 0 Å². The fourth-order valence-corrected chi connectivity index (χ4v) is 2.12. The molecule has 1 atom stereocenters. The van der Waals surface area contributed by atoms with E-state index >= 15 is 0 Å². The van der Waals surface area contributed by atoms with E-state index in [-0.39, 0.29) is 22.9 Å². The van der Waals surface area contributed by atoms with Crippen molar-refractivity contribution in [2.75, 3.05) is 11.1 Å². The molecule has 0 spiro atoms. The number of benzene rings is 1. The first-order chi connectivity index (χ1) is 9.08. The minimum Gasteiger partial charge on any atom is -0.368 e. The molecule has 1 aromatic carbocycles. The second-order valence-electron chi connectivity index (χ2n) is 4.08. The monoisotopic (exact) mass is 262 g/mol. The van der Waals surface area contributed by atoms with Gasteiger partial charge in [-0.2, -0.15) is 0 Å². The van der Waals surface area contributed by atoms with Gasteiger partial charge in [0.15, 0.2) is 11.6 Å². The Bertz CT molecular complexity index is 689. The lowest BCUT2D eigenvalue weighted by atomic mass is 9.96. The Kier molecular flexibility index (Phi) is 2.41. The Labute approximate surface area is 106 Å². The van der Waals surface area contributed by atoms with E-state index in [1.54, 1.807) is 0 Å². The van der Waals surface area contributed by atoms with Gasteiger partial charge < -0.3 is 11.1 Å². The molecular weight excluding hydrogens is 254 g/mol. The number of halogens is 2. The SMILES string of the molecule is Nc1nccc(C2C(=O)Nc3ccc(F)c(F)c32)n1. The molecule has 2 aromatic rings. The van der Waals surface area contributed by atoms with Gasteiger partial charge in [0, 0.05) is 17.4 Å². The summed E-state index contributed by atoms with van der Waals surface area (Å²) < 4.78 is 27.2. The van der Waals surface area contributed by atoms with E-state index < -0.39 is 23.5 Å². The third-order valence-corrected chi connectivity index (χ3v) is 2.93. The number of fused-ring (bicyclic) bond motifs is 1. The normalized spacial score (nSPS) is 17.2. The molecule has 0 bridgehead atoms. The molecule has 1 aliphatic heterocycles. The number of nitrogen functional groups attached to an aromatic ring is 1. The zero-order valence-corrected chi connectivity index (χ0v) is 9.52. The van der Waals surface area contributed by atoms with E-state index in [0.717, 1.165) is 6.07 Å². The van der Waals surface area contributed by atoms with Crippen LogP contribution in [0.2, 0.25) is 0 Å². The summed E-state index contributed by atoms with van der Waals surface area (Å²) in [7, 11) is 0. The highest BCUT2D eigenvalue weighted by atomic mass is 19.2. The van der Waals surface area contributed by atoms with Crippen molar-refractivity contribution in [1.29, 1.82) is 0 Å². The van der Waals surface area contributed by atoms with Crippen molar-refractivity contribution in [2.45, 2.75) is 5.92 Å². The van der Waals surface area contributed by atoms with Crippen molar-refractivity contribution in [3.63, 3.8) is 0 Å². The van der Waals surface area contributed by atoms with Crippen molar-refractivity contribution < 1.29 is 13.6 Å². The molecule has 3 rings (SSSR count). The van der Waals surface area contributed by atoms with Gasteiger partial charge in [-0.15, -0.1) is 0 Å². The highest BCUT2D eigenvalue weighted by Crippen LogP contribution is 2.38. The summed E-state index contributed by atoms with van der Waals surface area (Å²) in [5, 5.41) is 2.49. The van der Waals surface area contributed by atoms with E-state index in [0.29, 0.717) is 0 Å². The maximum Gasteiger partial charge on any atom is 0.238 e. The van der Waals surface area contributed by atoms with Crippen LogP contribution in [-0.2, 0) is 4.79 Å². The summed E-state index contributed by atoms with van der Waals surface area (Å²) in [5.74, 6) is -3.59. The third-order valence-electron chi connectivity index (χ3n) is 2.93. The molecule has 96 valence electrons. The van der Waals surface area contributed by atoms with E-state index in [4.69, 9.17) is 5.73 Å². The number of nitrogens with zero attached hydrogens (tertiary/aromatic N) is 2. The average molecular weight is 262 g/mol. The van der Waals surface area contributed by atoms with Gasteiger partial charge in [0.25, 0.3) is 0 Å². The first kappa shape index (κ1) is 11.5. The first-order valence-electron chi connectivity index (χ1n) is 5.45. The molecule has 0 saturated carbocycles. The summed E-state index contributed by atoms with van der Waals surface area (Å²) in [5.41, 5.74) is 5.86. The van der Waals surface area contributed by atoms with Gasteiger partial charge in [-0.05, 0) is 18.2 Å². The maximum absolute atomic E-state index is 13.9. The number of carbonyl (C=O) groups is 1. The van der Waals surface area contributed by atoms with Crippen LogP contribution in [0.15, 0.2) is 24.4 Å². The minimum absolute atomic E-state index is 0.0319. The number of hydrogen-bond acceptors (Lipinski definition) is 4. The van der Waals surface area contributed by atoms with Gasteiger partial charge >= 0.3 is 0 Å². The zero-order valence-electron chi connectivity index (χ0n) is 9.52. The van der Waals surface area contributed by atoms with Gasteiger partial charge in [-0.25, -0.2) is 18.7 Å². The van der Waals surface area contributed by atoms with Crippen LogP contribution in [0, 0.1) is 11.6 Å². The van der Waals surface area contributed by atoms with Crippen molar-refractivity contribution in [1.82, 2.24) is 9.97 Å². The Hall–Kier alpha value is -2.57. The molecule has 1 amide bonds. The van der Waals surface area contributed by atoms with Crippen molar-refractivity contribution in [2.24, 2.45) is 0 Å². The molecule has 1 aliphatic rings. The van der Waals surface area contributed by atoms with Crippen LogP contribution in [0.3, 0.4) is 0 Å². The second kappa shape index (κ2) is 3.98. The number of aromatic nitrogens is 2. The van der Waals surface area contributed by atoms with Crippen LogP contribution >= 0.6 is 0 Å². The molecule has 7 heteroatoms. The molecule has 2 heterocycles. The fourth-order valence-electron chi connectivity index (χ4n) is 2.12. The van der Waals surface area contributed by atoms with Crippen molar-refractivity contribution in [3.05, 3.63) is 47.3 Å². The van der Waals surface area contributed by atoms with Gasteiger partial charge in [0.05, 0.1) is 5.69 Å². The Morgan fingerprint density at radius 1 is 1.26 bits per heavy atom. The van der Waals surface area contributed by atoms with Crippen LogP contribution in [0.25, 0.3) is 0 Å². The fraction of sp³-hybridized carbons (Fsp3) is 0.0833. The lowest BCUT2D eigenvalue weighted by Crippen LogP contribution is -2.16. The lowest BCUT2D eigenvalue weighted by Gasteiger charge is -2.09. The summed E-state index contributed by atoms with van der Waals surface area (Å²) in [4.78, 5) is 19.5. The number of nitrogens with two attached hydrogens (primary N) is 1. The summed E-state index contributed by atoms with van der Waals surface area (Å²) in [6.45, 7) is 0. The molecule has 5 nitrogen and oxygen atoms in total. The zero-order chi connectivity index (χ0) is 13.6. The number of carbonyl (C=O) groups excluding carboxylic acids is 1. The summed E-state index contributed by atoms with van der Waals surface area (Å²) >= 11 is 0. The Morgan fingerprint density at radius 2 is 2.05 bits per heavy atom. The molecule has 0 saturated heterocycles. The van der Waals surface area contributed by atoms with Gasteiger partial charge in [0.2, 0.25) is 11.9 Å². The van der Waals surface area contributed by atoms with Crippen LogP contribution in [0.1, 0.15) is 17.2 Å². The minimum atomic E-state index is -1.06. The second-order valence-corrected chi connectivity index (χ2v) is 4.08. The first-order valence-corrected chi connectivity index (χ1v) is 5.45. The van der Waals surface area contributed by atoms with E-state index in [1.165, 1.54) is 18.3 Å². The number of rotatable bonds is 1. The molecular formula is C12H8F2N4O. The number of hydrogen-bond donors (Lipinski definition) is 2. The maximum atomic E-state index is 13.9. The van der Waals surface area contributed by atoms with E-state index in [2.05, 4.69) is 15.3 Å². The molecule has 3 N–H and O–H groups in total. The van der Waals surface area contributed by atoms with Crippen LogP contribution in [0.4, 0.5) is 20.4 Å². The molecule has 0 radical (unpaired) electrons. The molecule has 1 unspecified atom stereocenters. The standard InChI is InChI=1S/C12H8F2N4O/c13-5-1-2-6-8(10(5)14)9(11(19)17-6)7-3-4-16-12(15)18-7/h1-4,9H,(H,17,19)(H2,15,16,18). The summed E-state index contributed by atoms with van der Waals surface area (Å²) in [6.07, 6.45) is 1.36. The van der Waals surface area contributed by atoms with Gasteiger partial charge in [-0.1, -0.05) is 0 Å². The number of amides is 1. The Morgan fingerprint density at radius 3 is 2.79 bits per heavy atom. The summed E-state index contributed by atoms with van der Waals surface area (Å²) in [6, 6.07) is 3.72. The highest BCUT2D eigenvalue weighted by molar-refractivity contribution is 6.04. The van der Waals surface area contributed by atoms with Crippen molar-refractivity contribution >= 4 is 17.5 Å². The predicted molar refractivity (Wildman–Crippen MR) is 63.3 cm³/mol. The van der Waals surface area contributed by atoms with Crippen LogP contribution in [-0.4, -0.2) is 15.9 Å². The van der Waals surface area contributed by atoms with Gasteiger partial charge in [0.1, 0.15) is 5.92 Å². The van der Waals surface area contributed by atoms with Gasteiger partial charge in [-0.3, -0.25) is 4.79 Å². The number of nitrogens with one attached hydrogen (secondary N) is 1. The lowest BCUT2D eigenvalue weighted by molar-refractivity contribution is -0.116. The topological polar surface area (TPSA) is 80.9 Å². The van der Waals surface area contributed by atoms with Crippen molar-refractivity contribution in [3.8, 4) is 0 Å². The molecule has 19 heavy (non-hydrogen) atoms. The average Bonchev–Trinajstić information content (AvgIpc) is 2.71. The largest absolute Gasteiger partial charge is 0.368 e. The molecule has 0 aliphatic carbocycles. The Balaban J connectivity index is 2.20. The third kappa shape index (κ3) is 1.70. The van der Waals surface area contributed by atoms with Crippen LogP contribution < -0.4 is 11.1 Å².